The van der Waals surface area contributed by atoms with Gasteiger partial charge < -0.3 is 14.6 Å². The summed E-state index contributed by atoms with van der Waals surface area (Å²) in [5.41, 5.74) is 3.09. The Balaban J connectivity index is 1.46. The predicted octanol–water partition coefficient (Wildman–Crippen LogP) is 4.84. The summed E-state index contributed by atoms with van der Waals surface area (Å²) >= 11 is 0. The summed E-state index contributed by atoms with van der Waals surface area (Å²) < 4.78 is 11.6. The topological polar surface area (TPSA) is 64.4 Å². The van der Waals surface area contributed by atoms with Gasteiger partial charge in [-0.1, -0.05) is 79.2 Å². The lowest BCUT2D eigenvalue weighted by Crippen LogP contribution is -2.50. The van der Waals surface area contributed by atoms with E-state index in [0.717, 1.165) is 17.7 Å². The Hall–Kier alpha value is -2.92. The molecule has 3 aromatic rings. The summed E-state index contributed by atoms with van der Waals surface area (Å²) in [6.07, 6.45) is 1.91. The average Bonchev–Trinajstić information content (AvgIpc) is 3.44. The number of ether oxygens (including phenoxy) is 1. The zero-order valence-corrected chi connectivity index (χ0v) is 18.5. The molecule has 1 atom stereocenters. The lowest BCUT2D eigenvalue weighted by Gasteiger charge is -2.30. The van der Waals surface area contributed by atoms with Crippen molar-refractivity contribution in [2.24, 2.45) is 0 Å². The minimum Gasteiger partial charge on any atom is -0.365 e. The van der Waals surface area contributed by atoms with Crippen LogP contribution >= 0.6 is 0 Å². The zero-order valence-electron chi connectivity index (χ0n) is 18.5. The maximum atomic E-state index is 13.3. The fraction of sp³-hybridized carbons (Fsp3) is 0.385. The standard InChI is InChI=1S/C26H30N2O3/c1-19-10-12-21(13-11-19)25(2,3)18-27-24(29)26(14-7-15-30-26)17-22-16-23(28-31-22)20-8-5-4-6-9-20/h4-6,8-13,16H,7,14-15,17-18H2,1-3H3,(H,27,29). The SMILES string of the molecule is Cc1ccc(C(C)(C)CNC(=O)C2(Cc3cc(-c4ccccc4)no3)CCCO2)cc1. The van der Waals surface area contributed by atoms with E-state index in [1.54, 1.807) is 0 Å². The van der Waals surface area contributed by atoms with Gasteiger partial charge in [0.05, 0.1) is 0 Å². The molecule has 0 bridgehead atoms. The van der Waals surface area contributed by atoms with Crippen molar-refractivity contribution < 1.29 is 14.1 Å². The van der Waals surface area contributed by atoms with Crippen molar-refractivity contribution in [1.29, 1.82) is 0 Å². The third-order valence-electron chi connectivity index (χ3n) is 6.13. The second-order valence-corrected chi connectivity index (χ2v) is 9.10. The number of carbonyl (C=O) groups excluding carboxylic acids is 1. The molecule has 31 heavy (non-hydrogen) atoms. The van der Waals surface area contributed by atoms with Crippen LogP contribution in [-0.4, -0.2) is 29.8 Å². The van der Waals surface area contributed by atoms with Crippen LogP contribution < -0.4 is 5.32 Å². The maximum absolute atomic E-state index is 13.3. The van der Waals surface area contributed by atoms with Crippen molar-refractivity contribution in [3.05, 3.63) is 77.6 Å². The molecule has 5 nitrogen and oxygen atoms in total. The molecule has 2 aromatic carbocycles. The Bertz CT molecular complexity index is 1020. The molecule has 1 N–H and O–H groups in total. The highest BCUT2D eigenvalue weighted by Crippen LogP contribution is 2.32. The van der Waals surface area contributed by atoms with E-state index in [0.29, 0.717) is 31.8 Å². The molecule has 1 saturated heterocycles. The number of nitrogens with one attached hydrogen (secondary N) is 1. The molecule has 5 heteroatoms. The molecule has 0 saturated carbocycles. The first kappa shape index (κ1) is 21.3. The second kappa shape index (κ2) is 8.67. The molecule has 0 spiro atoms. The Morgan fingerprint density at radius 1 is 1.13 bits per heavy atom. The summed E-state index contributed by atoms with van der Waals surface area (Å²) in [6.45, 7) is 7.47. The number of nitrogens with zero attached hydrogens (tertiary/aromatic N) is 1. The van der Waals surface area contributed by atoms with Crippen LogP contribution in [0.15, 0.2) is 65.2 Å². The van der Waals surface area contributed by atoms with Crippen molar-refractivity contribution >= 4 is 5.91 Å². The minimum absolute atomic E-state index is 0.0807. The number of carbonyl (C=O) groups is 1. The number of aromatic nitrogens is 1. The van der Waals surface area contributed by atoms with Gasteiger partial charge in [0.15, 0.2) is 5.60 Å². The Morgan fingerprint density at radius 3 is 2.55 bits per heavy atom. The van der Waals surface area contributed by atoms with E-state index in [1.807, 2.05) is 36.4 Å². The van der Waals surface area contributed by atoms with E-state index >= 15 is 0 Å². The largest absolute Gasteiger partial charge is 0.365 e. The van der Waals surface area contributed by atoms with Gasteiger partial charge in [-0.05, 0) is 25.3 Å². The van der Waals surface area contributed by atoms with Crippen LogP contribution in [0.1, 0.15) is 43.6 Å². The van der Waals surface area contributed by atoms with Gasteiger partial charge in [0.1, 0.15) is 11.5 Å². The molecule has 1 fully saturated rings. The molecule has 1 aliphatic rings. The number of rotatable bonds is 7. The van der Waals surface area contributed by atoms with Gasteiger partial charge in [-0.25, -0.2) is 0 Å². The van der Waals surface area contributed by atoms with Gasteiger partial charge in [-0.3, -0.25) is 4.79 Å². The van der Waals surface area contributed by atoms with Gasteiger partial charge in [0.25, 0.3) is 5.91 Å². The van der Waals surface area contributed by atoms with Crippen LogP contribution in [-0.2, 0) is 21.4 Å². The van der Waals surface area contributed by atoms with E-state index in [2.05, 4.69) is 55.5 Å². The molecule has 4 rings (SSSR count). The van der Waals surface area contributed by atoms with Crippen LogP contribution in [0.3, 0.4) is 0 Å². The summed E-state index contributed by atoms with van der Waals surface area (Å²) in [5.74, 6) is 0.580. The van der Waals surface area contributed by atoms with E-state index in [9.17, 15) is 4.79 Å². The second-order valence-electron chi connectivity index (χ2n) is 9.10. The van der Waals surface area contributed by atoms with Crippen LogP contribution in [0.5, 0.6) is 0 Å². The number of benzene rings is 2. The molecule has 1 aromatic heterocycles. The molecule has 1 aliphatic heterocycles. The number of aryl methyl sites for hydroxylation is 1. The highest BCUT2D eigenvalue weighted by atomic mass is 16.5. The highest BCUT2D eigenvalue weighted by molar-refractivity contribution is 5.86. The van der Waals surface area contributed by atoms with E-state index in [-0.39, 0.29) is 11.3 Å². The molecule has 0 aliphatic carbocycles. The third kappa shape index (κ3) is 4.72. The lowest BCUT2D eigenvalue weighted by atomic mass is 9.83. The maximum Gasteiger partial charge on any atom is 0.252 e. The molecule has 0 radical (unpaired) electrons. The van der Waals surface area contributed by atoms with Crippen molar-refractivity contribution in [2.75, 3.05) is 13.2 Å². The van der Waals surface area contributed by atoms with Crippen molar-refractivity contribution in [1.82, 2.24) is 10.5 Å². The molecule has 1 amide bonds. The van der Waals surface area contributed by atoms with Crippen molar-refractivity contribution in [3.8, 4) is 11.3 Å². The zero-order chi connectivity index (χ0) is 21.9. The molecule has 1 unspecified atom stereocenters. The van der Waals surface area contributed by atoms with Crippen molar-refractivity contribution in [3.63, 3.8) is 0 Å². The van der Waals surface area contributed by atoms with Gasteiger partial charge in [0.2, 0.25) is 0 Å². The van der Waals surface area contributed by atoms with E-state index < -0.39 is 5.60 Å². The average molecular weight is 419 g/mol. The number of hydrogen-bond acceptors (Lipinski definition) is 4. The summed E-state index contributed by atoms with van der Waals surface area (Å²) in [7, 11) is 0. The normalized spacial score (nSPS) is 18.8. The molecule has 162 valence electrons. The quantitative estimate of drug-likeness (QED) is 0.597. The third-order valence-corrected chi connectivity index (χ3v) is 6.13. The van der Waals surface area contributed by atoms with E-state index in [4.69, 9.17) is 9.26 Å². The fourth-order valence-electron chi connectivity index (χ4n) is 4.09. The first-order chi connectivity index (χ1) is 14.9. The van der Waals surface area contributed by atoms with Gasteiger partial charge in [-0.15, -0.1) is 0 Å². The van der Waals surface area contributed by atoms with Gasteiger partial charge in [-0.2, -0.15) is 0 Å². The molecule has 2 heterocycles. The van der Waals surface area contributed by atoms with Crippen molar-refractivity contribution in [2.45, 2.75) is 51.0 Å². The first-order valence-corrected chi connectivity index (χ1v) is 10.9. The van der Waals surface area contributed by atoms with Crippen LogP contribution in [0.25, 0.3) is 11.3 Å². The summed E-state index contributed by atoms with van der Waals surface area (Å²) in [4.78, 5) is 13.3. The van der Waals surface area contributed by atoms with Gasteiger partial charge >= 0.3 is 0 Å². The Labute approximate surface area is 183 Å². The van der Waals surface area contributed by atoms with Gasteiger partial charge in [0, 0.05) is 36.6 Å². The molecular formula is C26H30N2O3. The smallest absolute Gasteiger partial charge is 0.252 e. The van der Waals surface area contributed by atoms with Crippen LogP contribution in [0, 0.1) is 6.92 Å². The lowest BCUT2D eigenvalue weighted by molar-refractivity contribution is -0.142. The Kier molecular flexibility index (Phi) is 5.96. The predicted molar refractivity (Wildman–Crippen MR) is 121 cm³/mol. The highest BCUT2D eigenvalue weighted by Gasteiger charge is 2.44. The van der Waals surface area contributed by atoms with Crippen LogP contribution in [0.4, 0.5) is 0 Å². The van der Waals surface area contributed by atoms with E-state index in [1.165, 1.54) is 11.1 Å². The first-order valence-electron chi connectivity index (χ1n) is 10.9. The molecular weight excluding hydrogens is 388 g/mol. The monoisotopic (exact) mass is 418 g/mol. The summed E-state index contributed by atoms with van der Waals surface area (Å²) in [6, 6.07) is 20.3. The summed E-state index contributed by atoms with van der Waals surface area (Å²) in [5, 5.41) is 7.34. The Morgan fingerprint density at radius 2 is 1.87 bits per heavy atom. The number of amides is 1. The minimum atomic E-state index is -0.906. The number of hydrogen-bond donors (Lipinski definition) is 1. The van der Waals surface area contributed by atoms with Crippen LogP contribution in [0.2, 0.25) is 0 Å². The fourth-order valence-corrected chi connectivity index (χ4v) is 4.09.